The maximum absolute atomic E-state index is 12.2. The van der Waals surface area contributed by atoms with E-state index in [0.717, 1.165) is 10.3 Å². The molecule has 3 rings (SSSR count). The van der Waals surface area contributed by atoms with Crippen molar-refractivity contribution in [2.24, 2.45) is 0 Å². The van der Waals surface area contributed by atoms with Crippen molar-refractivity contribution >= 4 is 22.8 Å². The number of H-pyrrole nitrogens is 2. The average Bonchev–Trinajstić information content (AvgIpc) is 2.49. The van der Waals surface area contributed by atoms with Crippen LogP contribution in [0, 0.1) is 0 Å². The molecule has 0 saturated carbocycles. The number of ether oxygens (including phenoxy) is 1. The van der Waals surface area contributed by atoms with Gasteiger partial charge in [0.1, 0.15) is 10.3 Å². The Hall–Kier alpha value is -2.27. The number of hydrogen-bond acceptors (Lipinski definition) is 3. The van der Waals surface area contributed by atoms with Gasteiger partial charge in [-0.15, -0.1) is 0 Å². The maximum Gasteiger partial charge on any atom is 0.349 e. The minimum absolute atomic E-state index is 0.161. The lowest BCUT2D eigenvalue weighted by Gasteiger charge is -2.07. The van der Waals surface area contributed by atoms with E-state index in [1.54, 1.807) is 13.3 Å². The number of benzene rings is 1. The fraction of sp³-hybridized carbons (Fsp3) is 0.0667. The van der Waals surface area contributed by atoms with E-state index in [1.165, 1.54) is 11.8 Å². The summed E-state index contributed by atoms with van der Waals surface area (Å²) in [6, 6.07) is 13.5. The van der Waals surface area contributed by atoms with Gasteiger partial charge >= 0.3 is 5.56 Å². The van der Waals surface area contributed by atoms with Crippen LogP contribution in [-0.4, -0.2) is 12.1 Å². The topological polar surface area (TPSA) is 56.2 Å². The number of pyridine rings is 2. The normalized spacial score (nSPS) is 10.7. The van der Waals surface area contributed by atoms with Gasteiger partial charge in [0, 0.05) is 4.90 Å². The van der Waals surface area contributed by atoms with Gasteiger partial charge in [-0.2, -0.15) is 0 Å². The van der Waals surface area contributed by atoms with Crippen molar-refractivity contribution in [3.05, 3.63) is 59.0 Å². The number of methoxy groups -OCH3 is 1. The molecule has 0 fully saturated rings. The van der Waals surface area contributed by atoms with Gasteiger partial charge in [-0.1, -0.05) is 30.0 Å². The molecule has 0 atom stereocenters. The summed E-state index contributed by atoms with van der Waals surface area (Å²) in [5.74, 6) is 0.592. The van der Waals surface area contributed by atoms with E-state index in [0.29, 0.717) is 16.3 Å². The molecule has 0 saturated heterocycles. The van der Waals surface area contributed by atoms with Crippen LogP contribution in [0.4, 0.5) is 0 Å². The van der Waals surface area contributed by atoms with Crippen LogP contribution in [0.5, 0.6) is 5.75 Å². The van der Waals surface area contributed by atoms with Gasteiger partial charge in [0.15, 0.2) is 5.75 Å². The summed E-state index contributed by atoms with van der Waals surface area (Å²) in [5.41, 5.74) is 0.498. The van der Waals surface area contributed by atoms with Crippen molar-refractivity contribution < 1.29 is 9.72 Å². The molecule has 1 aromatic carbocycles. The summed E-state index contributed by atoms with van der Waals surface area (Å²) >= 11 is 1.40. The molecule has 2 N–H and O–H groups in total. The molecular weight excluding hydrogens is 272 g/mol. The van der Waals surface area contributed by atoms with Crippen molar-refractivity contribution in [3.63, 3.8) is 0 Å². The van der Waals surface area contributed by atoms with Crippen LogP contribution in [0.2, 0.25) is 0 Å². The van der Waals surface area contributed by atoms with E-state index >= 15 is 0 Å². The molecule has 0 bridgehead atoms. The first-order chi connectivity index (χ1) is 9.79. The zero-order valence-electron chi connectivity index (χ0n) is 10.8. The molecule has 0 aliphatic rings. The van der Waals surface area contributed by atoms with Crippen LogP contribution in [-0.2, 0) is 0 Å². The molecule has 20 heavy (non-hydrogen) atoms. The molecular formula is C15H13N2O2S+. The van der Waals surface area contributed by atoms with Crippen LogP contribution in [0.1, 0.15) is 0 Å². The molecule has 5 heteroatoms. The van der Waals surface area contributed by atoms with Gasteiger partial charge in [-0.25, -0.2) is 14.8 Å². The Morgan fingerprint density at radius 3 is 2.70 bits per heavy atom. The van der Waals surface area contributed by atoms with E-state index in [9.17, 15) is 4.79 Å². The third-order valence-electron chi connectivity index (χ3n) is 2.92. The smallest absolute Gasteiger partial charge is 0.349 e. The number of fused-ring (bicyclic) bond motifs is 1. The Morgan fingerprint density at radius 2 is 1.95 bits per heavy atom. The summed E-state index contributed by atoms with van der Waals surface area (Å²) < 4.78 is 5.45. The highest BCUT2D eigenvalue weighted by Crippen LogP contribution is 2.35. The molecule has 3 aromatic rings. The first-order valence-electron chi connectivity index (χ1n) is 6.13. The van der Waals surface area contributed by atoms with Gasteiger partial charge in [0.25, 0.3) is 5.65 Å². The van der Waals surface area contributed by atoms with Crippen LogP contribution in [0.3, 0.4) is 0 Å². The number of hydrogen-bond donors (Lipinski definition) is 1. The number of aromatic nitrogens is 2. The molecule has 100 valence electrons. The number of nitrogens with one attached hydrogen (secondary N) is 2. The van der Waals surface area contributed by atoms with E-state index in [-0.39, 0.29) is 5.56 Å². The summed E-state index contributed by atoms with van der Waals surface area (Å²) in [6.45, 7) is 0. The zero-order valence-corrected chi connectivity index (χ0v) is 11.7. The Morgan fingerprint density at radius 1 is 1.15 bits per heavy atom. The predicted octanol–water partition coefficient (Wildman–Crippen LogP) is 2.50. The molecule has 2 heterocycles. The zero-order chi connectivity index (χ0) is 13.9. The highest BCUT2D eigenvalue weighted by atomic mass is 32.2. The Labute approximate surface area is 119 Å². The van der Waals surface area contributed by atoms with Gasteiger partial charge < -0.3 is 4.74 Å². The van der Waals surface area contributed by atoms with E-state index in [2.05, 4.69) is 9.97 Å². The Balaban J connectivity index is 2.19. The Bertz CT molecular complexity index is 800. The SMILES string of the molecule is COc1c(Sc2ccccc2)c(=O)[nH]c2[nH+]cccc12. The molecule has 0 spiro atoms. The van der Waals surface area contributed by atoms with Gasteiger partial charge in [-0.3, -0.25) is 0 Å². The lowest BCUT2D eigenvalue weighted by atomic mass is 10.2. The van der Waals surface area contributed by atoms with Crippen molar-refractivity contribution in [2.45, 2.75) is 9.79 Å². The summed E-state index contributed by atoms with van der Waals surface area (Å²) in [7, 11) is 1.58. The van der Waals surface area contributed by atoms with Crippen molar-refractivity contribution in [2.75, 3.05) is 7.11 Å². The highest BCUT2D eigenvalue weighted by molar-refractivity contribution is 7.99. The summed E-state index contributed by atoms with van der Waals surface area (Å²) in [6.07, 6.45) is 1.77. The fourth-order valence-corrected chi connectivity index (χ4v) is 2.99. The van der Waals surface area contributed by atoms with E-state index in [4.69, 9.17) is 4.74 Å². The second kappa shape index (κ2) is 5.38. The van der Waals surface area contributed by atoms with Crippen LogP contribution < -0.4 is 15.3 Å². The maximum atomic E-state index is 12.2. The van der Waals surface area contributed by atoms with Gasteiger partial charge in [0.2, 0.25) is 0 Å². The third kappa shape index (κ3) is 2.28. The number of aromatic amines is 2. The van der Waals surface area contributed by atoms with E-state index < -0.39 is 0 Å². The van der Waals surface area contributed by atoms with E-state index in [1.807, 2.05) is 42.5 Å². The molecule has 2 aromatic heterocycles. The first-order valence-corrected chi connectivity index (χ1v) is 6.95. The van der Waals surface area contributed by atoms with Crippen LogP contribution >= 0.6 is 11.8 Å². The predicted molar refractivity (Wildman–Crippen MR) is 78.2 cm³/mol. The average molecular weight is 285 g/mol. The quantitative estimate of drug-likeness (QED) is 0.804. The second-order valence-corrected chi connectivity index (χ2v) is 5.27. The minimum Gasteiger partial charge on any atom is -0.494 e. The molecule has 0 unspecified atom stereocenters. The Kier molecular flexibility index (Phi) is 3.43. The lowest BCUT2D eigenvalue weighted by molar-refractivity contribution is -0.347. The summed E-state index contributed by atoms with van der Waals surface area (Å²) in [4.78, 5) is 19.7. The third-order valence-corrected chi connectivity index (χ3v) is 4.00. The van der Waals surface area contributed by atoms with Crippen LogP contribution in [0.15, 0.2) is 63.2 Å². The molecule has 0 aliphatic heterocycles. The van der Waals surface area contributed by atoms with Gasteiger partial charge in [-0.05, 0) is 24.3 Å². The lowest BCUT2D eigenvalue weighted by Crippen LogP contribution is -2.16. The second-order valence-electron chi connectivity index (χ2n) is 4.19. The monoisotopic (exact) mass is 285 g/mol. The van der Waals surface area contributed by atoms with Gasteiger partial charge in [0.05, 0.1) is 13.3 Å². The summed E-state index contributed by atoms with van der Waals surface area (Å²) in [5, 5.41) is 0.855. The van der Waals surface area contributed by atoms with Crippen LogP contribution in [0.25, 0.3) is 11.0 Å². The highest BCUT2D eigenvalue weighted by Gasteiger charge is 2.18. The van der Waals surface area contributed by atoms with Crippen molar-refractivity contribution in [3.8, 4) is 5.75 Å². The fourth-order valence-electron chi connectivity index (χ4n) is 2.03. The number of rotatable bonds is 3. The van der Waals surface area contributed by atoms with Crippen molar-refractivity contribution in [1.29, 1.82) is 0 Å². The molecule has 0 amide bonds. The minimum atomic E-state index is -0.161. The van der Waals surface area contributed by atoms with Crippen molar-refractivity contribution in [1.82, 2.24) is 4.98 Å². The molecule has 0 radical (unpaired) electrons. The molecule has 0 aliphatic carbocycles. The first kappa shape index (κ1) is 12.7. The standard InChI is InChI=1S/C15H12N2O2S/c1-19-12-11-8-5-9-16-14(11)17-15(18)13(12)20-10-6-3-2-4-7-10/h2-9H,1H3,(H,16,17,18)/p+1. The largest absolute Gasteiger partial charge is 0.494 e. The molecule has 4 nitrogen and oxygen atoms in total.